The molecule has 0 saturated heterocycles. The molecule has 1 aromatic heterocycles. The zero-order valence-electron chi connectivity index (χ0n) is 11.7. The van der Waals surface area contributed by atoms with Gasteiger partial charge in [0.15, 0.2) is 0 Å². The average molecular weight is 369 g/mol. The summed E-state index contributed by atoms with van der Waals surface area (Å²) in [6, 6.07) is 1.72. The van der Waals surface area contributed by atoms with Crippen LogP contribution in [0.15, 0.2) is 14.7 Å². The van der Waals surface area contributed by atoms with Crippen molar-refractivity contribution in [1.29, 1.82) is 0 Å². The van der Waals surface area contributed by atoms with Gasteiger partial charge in [-0.25, -0.2) is 13.1 Å². The predicted molar refractivity (Wildman–Crippen MR) is 84.0 cm³/mol. The van der Waals surface area contributed by atoms with E-state index in [-0.39, 0.29) is 0 Å². The van der Waals surface area contributed by atoms with Crippen molar-refractivity contribution in [2.24, 2.45) is 11.8 Å². The number of sulfonamides is 1. The topological polar surface area (TPSA) is 58.2 Å². The van der Waals surface area contributed by atoms with E-state index in [1.165, 1.54) is 11.3 Å². The van der Waals surface area contributed by atoms with Crippen LogP contribution < -0.4 is 10.0 Å². The van der Waals surface area contributed by atoms with E-state index < -0.39 is 10.0 Å². The number of nitrogens with one attached hydrogen (secondary N) is 2. The highest BCUT2D eigenvalue weighted by molar-refractivity contribution is 9.11. The summed E-state index contributed by atoms with van der Waals surface area (Å²) < 4.78 is 27.8. The van der Waals surface area contributed by atoms with Crippen molar-refractivity contribution in [3.8, 4) is 0 Å². The van der Waals surface area contributed by atoms with Crippen LogP contribution in [0, 0.1) is 11.8 Å². The zero-order chi connectivity index (χ0) is 14.6. The van der Waals surface area contributed by atoms with E-state index in [0.717, 1.165) is 4.88 Å². The van der Waals surface area contributed by atoms with E-state index in [1.54, 1.807) is 6.07 Å². The fraction of sp³-hybridized carbons (Fsp3) is 0.667. The summed E-state index contributed by atoms with van der Waals surface area (Å²) in [5.74, 6) is 0.762. The quantitative estimate of drug-likeness (QED) is 0.777. The molecule has 0 radical (unpaired) electrons. The molecule has 1 atom stereocenters. The van der Waals surface area contributed by atoms with Gasteiger partial charge >= 0.3 is 0 Å². The molecule has 7 heteroatoms. The second kappa shape index (κ2) is 7.17. The molecule has 0 spiro atoms. The van der Waals surface area contributed by atoms with Crippen LogP contribution in [0.2, 0.25) is 0 Å². The number of hydrogen-bond donors (Lipinski definition) is 2. The number of thiophene rings is 1. The molecule has 0 aliphatic rings. The van der Waals surface area contributed by atoms with Crippen LogP contribution in [0.1, 0.15) is 25.6 Å². The summed E-state index contributed by atoms with van der Waals surface area (Å²) in [5.41, 5.74) is 0. The molecule has 19 heavy (non-hydrogen) atoms. The lowest BCUT2D eigenvalue weighted by Gasteiger charge is -2.15. The number of halogens is 1. The molecule has 1 rings (SSSR count). The molecule has 0 amide bonds. The fourth-order valence-corrected chi connectivity index (χ4v) is 5.23. The molecule has 1 unspecified atom stereocenters. The highest BCUT2D eigenvalue weighted by Gasteiger charge is 2.21. The van der Waals surface area contributed by atoms with Crippen molar-refractivity contribution in [1.82, 2.24) is 10.0 Å². The molecule has 0 bridgehead atoms. The third-order valence-corrected chi connectivity index (χ3v) is 6.76. The predicted octanol–water partition coefficient (Wildman–Crippen LogP) is 2.80. The third kappa shape index (κ3) is 4.82. The Kier molecular flexibility index (Phi) is 6.46. The molecular weight excluding hydrogens is 348 g/mol. The Morgan fingerprint density at radius 1 is 1.37 bits per heavy atom. The Balaban J connectivity index is 2.82. The van der Waals surface area contributed by atoms with Crippen LogP contribution in [0.25, 0.3) is 0 Å². The molecule has 110 valence electrons. The van der Waals surface area contributed by atoms with Crippen LogP contribution in [-0.4, -0.2) is 22.0 Å². The minimum atomic E-state index is -3.43. The first kappa shape index (κ1) is 17.1. The van der Waals surface area contributed by atoms with Gasteiger partial charge in [0.1, 0.15) is 4.90 Å². The smallest absolute Gasteiger partial charge is 0.242 e. The van der Waals surface area contributed by atoms with E-state index in [9.17, 15) is 8.42 Å². The lowest BCUT2D eigenvalue weighted by atomic mass is 9.99. The van der Waals surface area contributed by atoms with Gasteiger partial charge in [-0.2, -0.15) is 0 Å². The molecule has 0 fully saturated rings. The van der Waals surface area contributed by atoms with Gasteiger partial charge in [0.25, 0.3) is 0 Å². The van der Waals surface area contributed by atoms with Gasteiger partial charge in [0.05, 0.1) is 3.79 Å². The summed E-state index contributed by atoms with van der Waals surface area (Å²) in [4.78, 5) is 1.32. The van der Waals surface area contributed by atoms with Gasteiger partial charge in [-0.05, 0) is 40.9 Å². The van der Waals surface area contributed by atoms with Crippen molar-refractivity contribution >= 4 is 37.3 Å². The summed E-state index contributed by atoms with van der Waals surface area (Å²) in [7, 11) is -1.59. The molecular formula is C12H21BrN2O2S2. The van der Waals surface area contributed by atoms with Gasteiger partial charge in [-0.3, -0.25) is 0 Å². The van der Waals surface area contributed by atoms with Gasteiger partial charge in [0.2, 0.25) is 10.0 Å². The number of rotatable bonds is 7. The van der Waals surface area contributed by atoms with Gasteiger partial charge in [0, 0.05) is 18.0 Å². The summed E-state index contributed by atoms with van der Waals surface area (Å²) in [5, 5.41) is 3.02. The molecule has 2 N–H and O–H groups in total. The van der Waals surface area contributed by atoms with Crippen LogP contribution in [0.3, 0.4) is 0 Å². The number of hydrogen-bond acceptors (Lipinski definition) is 4. The first-order chi connectivity index (χ1) is 8.77. The molecule has 0 aliphatic carbocycles. The maximum atomic E-state index is 12.2. The van der Waals surface area contributed by atoms with Crippen LogP contribution >= 0.6 is 27.3 Å². The van der Waals surface area contributed by atoms with Gasteiger partial charge in [-0.1, -0.05) is 20.8 Å². The molecule has 4 nitrogen and oxygen atoms in total. The Bertz CT molecular complexity index is 512. The fourth-order valence-electron chi connectivity index (χ4n) is 1.40. The van der Waals surface area contributed by atoms with E-state index in [1.807, 2.05) is 14.0 Å². The highest BCUT2D eigenvalue weighted by atomic mass is 79.9. The van der Waals surface area contributed by atoms with E-state index in [0.29, 0.717) is 33.6 Å². The Hall–Kier alpha value is 0.0500. The molecule has 0 aromatic carbocycles. The lowest BCUT2D eigenvalue weighted by molar-refractivity contribution is 0.414. The largest absolute Gasteiger partial charge is 0.315 e. The van der Waals surface area contributed by atoms with Crippen LogP contribution in [0.4, 0.5) is 0 Å². The summed E-state index contributed by atoms with van der Waals surface area (Å²) >= 11 is 4.77. The summed E-state index contributed by atoms with van der Waals surface area (Å²) in [6.45, 7) is 7.35. The average Bonchev–Trinajstić information content (AvgIpc) is 2.68. The van der Waals surface area contributed by atoms with Crippen molar-refractivity contribution in [2.45, 2.75) is 32.2 Å². The zero-order valence-corrected chi connectivity index (χ0v) is 14.9. The second-order valence-electron chi connectivity index (χ2n) is 4.95. The maximum Gasteiger partial charge on any atom is 0.242 e. The first-order valence-corrected chi connectivity index (χ1v) is 9.29. The van der Waals surface area contributed by atoms with Crippen LogP contribution in [-0.2, 0) is 16.6 Å². The van der Waals surface area contributed by atoms with Crippen molar-refractivity contribution in [3.63, 3.8) is 0 Å². The standard InChI is InChI=1S/C12H21BrN2O2S2/c1-8(2)9(3)6-15-19(16,17)11-5-10(7-14-4)18-12(11)13/h5,8-9,14-15H,6-7H2,1-4H3. The minimum absolute atomic E-state index is 0.309. The second-order valence-corrected chi connectivity index (χ2v) is 9.14. The molecule has 1 aromatic rings. The van der Waals surface area contributed by atoms with Crippen molar-refractivity contribution < 1.29 is 8.42 Å². The lowest BCUT2D eigenvalue weighted by Crippen LogP contribution is -2.30. The highest BCUT2D eigenvalue weighted by Crippen LogP contribution is 2.31. The molecule has 0 saturated carbocycles. The van der Waals surface area contributed by atoms with Crippen molar-refractivity contribution in [2.75, 3.05) is 13.6 Å². The van der Waals surface area contributed by atoms with Gasteiger partial charge < -0.3 is 5.32 Å². The third-order valence-electron chi connectivity index (χ3n) is 3.08. The Labute approximate surface area is 128 Å². The van der Waals surface area contributed by atoms with Crippen molar-refractivity contribution in [3.05, 3.63) is 14.7 Å². The molecule has 1 heterocycles. The van der Waals surface area contributed by atoms with E-state index >= 15 is 0 Å². The Morgan fingerprint density at radius 3 is 2.53 bits per heavy atom. The Morgan fingerprint density at radius 2 is 2.00 bits per heavy atom. The normalized spacial score (nSPS) is 14.0. The van der Waals surface area contributed by atoms with Gasteiger partial charge in [-0.15, -0.1) is 11.3 Å². The van der Waals surface area contributed by atoms with E-state index in [2.05, 4.69) is 39.8 Å². The molecule has 0 aliphatic heterocycles. The summed E-state index contributed by atoms with van der Waals surface area (Å²) in [6.07, 6.45) is 0. The van der Waals surface area contributed by atoms with Crippen LogP contribution in [0.5, 0.6) is 0 Å². The monoisotopic (exact) mass is 368 g/mol. The maximum absolute atomic E-state index is 12.2. The first-order valence-electron chi connectivity index (χ1n) is 6.20. The van der Waals surface area contributed by atoms with E-state index in [4.69, 9.17) is 0 Å². The minimum Gasteiger partial charge on any atom is -0.315 e. The SMILES string of the molecule is CNCc1cc(S(=O)(=O)NCC(C)C(C)C)c(Br)s1.